The fourth-order valence-corrected chi connectivity index (χ4v) is 3.46. The number of furan rings is 1. The van der Waals surface area contributed by atoms with Crippen molar-refractivity contribution in [2.24, 2.45) is 0 Å². The van der Waals surface area contributed by atoms with Gasteiger partial charge in [0.15, 0.2) is 5.09 Å². The van der Waals surface area contributed by atoms with Crippen molar-refractivity contribution < 1.29 is 14.0 Å². The summed E-state index contributed by atoms with van der Waals surface area (Å²) in [6.07, 6.45) is 1.54. The number of urea groups is 1. The molecule has 0 atom stereocenters. The highest BCUT2D eigenvalue weighted by Crippen LogP contribution is 2.30. The van der Waals surface area contributed by atoms with Gasteiger partial charge in [0.05, 0.1) is 5.69 Å². The van der Waals surface area contributed by atoms with Crippen LogP contribution in [0.4, 0.5) is 10.5 Å². The minimum Gasteiger partial charge on any atom is -0.450 e. The first-order valence-corrected chi connectivity index (χ1v) is 9.18. The quantitative estimate of drug-likeness (QED) is 0.523. The monoisotopic (exact) mass is 376 g/mol. The molecule has 0 saturated carbocycles. The molecule has 1 fully saturated rings. The van der Waals surface area contributed by atoms with Crippen LogP contribution in [0.25, 0.3) is 6.08 Å². The zero-order chi connectivity index (χ0) is 18.8. The van der Waals surface area contributed by atoms with E-state index in [-0.39, 0.29) is 5.70 Å². The molecule has 0 radical (unpaired) electrons. The molecule has 1 saturated heterocycles. The molecule has 0 bridgehead atoms. The van der Waals surface area contributed by atoms with Crippen LogP contribution in [0.3, 0.4) is 0 Å². The Bertz CT molecular complexity index is 1020. The maximum atomic E-state index is 12.6. The van der Waals surface area contributed by atoms with Gasteiger partial charge >= 0.3 is 6.03 Å². The number of benzene rings is 2. The third kappa shape index (κ3) is 3.66. The Kier molecular flexibility index (Phi) is 4.56. The van der Waals surface area contributed by atoms with Gasteiger partial charge in [-0.25, -0.2) is 9.69 Å². The standard InChI is InChI=1S/C21H16N2O3S/c1-14-7-10-17(11-8-14)27-19-12-9-16(26-19)13-18-20(24)23(21(25)22-18)15-5-3-2-4-6-15/h2-13H,1H3,(H,22,25)/b18-13+. The van der Waals surface area contributed by atoms with E-state index in [1.807, 2.05) is 43.3 Å². The van der Waals surface area contributed by atoms with Crippen LogP contribution in [0.5, 0.6) is 0 Å². The molecule has 0 unspecified atom stereocenters. The van der Waals surface area contributed by atoms with Gasteiger partial charge in [0.2, 0.25) is 0 Å². The zero-order valence-electron chi connectivity index (χ0n) is 14.5. The van der Waals surface area contributed by atoms with Gasteiger partial charge in [-0.3, -0.25) is 4.79 Å². The minimum atomic E-state index is -0.474. The van der Waals surface area contributed by atoms with Gasteiger partial charge in [-0.15, -0.1) is 0 Å². The largest absolute Gasteiger partial charge is 0.450 e. The van der Waals surface area contributed by atoms with E-state index < -0.39 is 11.9 Å². The van der Waals surface area contributed by atoms with E-state index in [9.17, 15) is 9.59 Å². The van der Waals surface area contributed by atoms with Crippen LogP contribution in [0, 0.1) is 6.92 Å². The van der Waals surface area contributed by atoms with E-state index >= 15 is 0 Å². The van der Waals surface area contributed by atoms with Gasteiger partial charge in [-0.2, -0.15) is 0 Å². The van der Waals surface area contributed by atoms with E-state index in [4.69, 9.17) is 4.42 Å². The van der Waals surface area contributed by atoms with Gasteiger partial charge < -0.3 is 9.73 Å². The number of hydrogen-bond donors (Lipinski definition) is 1. The van der Waals surface area contributed by atoms with E-state index in [2.05, 4.69) is 5.32 Å². The second-order valence-electron chi connectivity index (χ2n) is 6.04. The molecule has 1 aliphatic rings. The maximum Gasteiger partial charge on any atom is 0.333 e. The summed E-state index contributed by atoms with van der Waals surface area (Å²) in [5, 5.41) is 3.31. The summed E-state index contributed by atoms with van der Waals surface area (Å²) in [6, 6.07) is 20.1. The fourth-order valence-electron chi connectivity index (χ4n) is 2.68. The molecule has 3 aromatic rings. The Morgan fingerprint density at radius 2 is 1.70 bits per heavy atom. The molecular weight excluding hydrogens is 360 g/mol. The average molecular weight is 376 g/mol. The number of nitrogens with one attached hydrogen (secondary N) is 1. The molecule has 1 aromatic heterocycles. The van der Waals surface area contributed by atoms with E-state index in [1.165, 1.54) is 17.3 Å². The lowest BCUT2D eigenvalue weighted by molar-refractivity contribution is -0.113. The van der Waals surface area contributed by atoms with Crippen molar-refractivity contribution in [3.63, 3.8) is 0 Å². The third-order valence-corrected chi connectivity index (χ3v) is 4.95. The summed E-state index contributed by atoms with van der Waals surface area (Å²) in [5.74, 6) is 0.0958. The second-order valence-corrected chi connectivity index (χ2v) is 7.11. The predicted molar refractivity (Wildman–Crippen MR) is 104 cm³/mol. The first-order chi connectivity index (χ1) is 13.1. The molecule has 2 aromatic carbocycles. The summed E-state index contributed by atoms with van der Waals surface area (Å²) < 4.78 is 5.77. The summed E-state index contributed by atoms with van der Waals surface area (Å²) in [6.45, 7) is 2.04. The van der Waals surface area contributed by atoms with Gasteiger partial charge in [0.25, 0.3) is 5.91 Å². The Labute approximate surface area is 160 Å². The number of aryl methyl sites for hydroxylation is 1. The SMILES string of the molecule is Cc1ccc(Sc2ccc(/C=C3/NC(=O)N(c4ccccc4)C3=O)o2)cc1. The fraction of sp³-hybridized carbons (Fsp3) is 0.0476. The average Bonchev–Trinajstić information content (AvgIpc) is 3.22. The lowest BCUT2D eigenvalue weighted by Gasteiger charge is -2.10. The van der Waals surface area contributed by atoms with Gasteiger partial charge in [-0.1, -0.05) is 47.7 Å². The number of rotatable bonds is 4. The van der Waals surface area contributed by atoms with Crippen molar-refractivity contribution in [3.05, 3.63) is 83.8 Å². The molecule has 0 aliphatic carbocycles. The molecular formula is C21H16N2O3S. The number of carbonyl (C=O) groups is 2. The van der Waals surface area contributed by atoms with Gasteiger partial charge in [0, 0.05) is 11.0 Å². The third-order valence-electron chi connectivity index (χ3n) is 4.02. The highest BCUT2D eigenvalue weighted by Gasteiger charge is 2.34. The summed E-state index contributed by atoms with van der Waals surface area (Å²) in [5.41, 5.74) is 1.91. The maximum absolute atomic E-state index is 12.6. The first-order valence-electron chi connectivity index (χ1n) is 8.37. The van der Waals surface area contributed by atoms with Crippen molar-refractivity contribution in [1.82, 2.24) is 5.32 Å². The molecule has 0 spiro atoms. The lowest BCUT2D eigenvalue weighted by atomic mass is 10.2. The highest BCUT2D eigenvalue weighted by molar-refractivity contribution is 7.99. The zero-order valence-corrected chi connectivity index (χ0v) is 15.3. The number of hydrogen-bond acceptors (Lipinski definition) is 4. The molecule has 27 heavy (non-hydrogen) atoms. The smallest absolute Gasteiger partial charge is 0.333 e. The van der Waals surface area contributed by atoms with E-state index in [0.717, 1.165) is 9.80 Å². The van der Waals surface area contributed by atoms with E-state index in [1.54, 1.807) is 36.4 Å². The summed E-state index contributed by atoms with van der Waals surface area (Å²) in [7, 11) is 0. The number of imide groups is 1. The van der Waals surface area contributed by atoms with Crippen LogP contribution in [-0.2, 0) is 4.79 Å². The van der Waals surface area contributed by atoms with E-state index in [0.29, 0.717) is 16.5 Å². The topological polar surface area (TPSA) is 62.6 Å². The van der Waals surface area contributed by atoms with Gasteiger partial charge in [-0.05, 0) is 43.3 Å². The van der Waals surface area contributed by atoms with Crippen LogP contribution in [0.2, 0.25) is 0 Å². The van der Waals surface area contributed by atoms with Crippen LogP contribution in [0.15, 0.2) is 86.8 Å². The molecule has 6 heteroatoms. The number of nitrogens with zero attached hydrogens (tertiary/aromatic N) is 1. The normalized spacial score (nSPS) is 15.4. The molecule has 3 amide bonds. The lowest BCUT2D eigenvalue weighted by Crippen LogP contribution is -2.30. The van der Waals surface area contributed by atoms with Gasteiger partial charge in [0.1, 0.15) is 11.5 Å². The minimum absolute atomic E-state index is 0.185. The molecule has 2 heterocycles. The first kappa shape index (κ1) is 17.2. The Hall–Kier alpha value is -3.25. The molecule has 134 valence electrons. The number of para-hydroxylation sites is 1. The highest BCUT2D eigenvalue weighted by atomic mass is 32.2. The Balaban J connectivity index is 1.52. The summed E-state index contributed by atoms with van der Waals surface area (Å²) in [4.78, 5) is 26.9. The van der Waals surface area contributed by atoms with Crippen LogP contribution >= 0.6 is 11.8 Å². The number of carbonyl (C=O) groups excluding carboxylic acids is 2. The second kappa shape index (κ2) is 7.17. The van der Waals surface area contributed by atoms with Crippen molar-refractivity contribution >= 4 is 35.5 Å². The predicted octanol–water partition coefficient (Wildman–Crippen LogP) is 4.84. The number of anilines is 1. The van der Waals surface area contributed by atoms with Crippen LogP contribution in [-0.4, -0.2) is 11.9 Å². The molecule has 1 N–H and O–H groups in total. The molecule has 5 nitrogen and oxygen atoms in total. The Morgan fingerprint density at radius 3 is 2.44 bits per heavy atom. The van der Waals surface area contributed by atoms with Crippen molar-refractivity contribution in [2.75, 3.05) is 4.90 Å². The number of amides is 3. The van der Waals surface area contributed by atoms with Crippen LogP contribution < -0.4 is 10.2 Å². The summed E-state index contributed by atoms with van der Waals surface area (Å²) >= 11 is 1.50. The van der Waals surface area contributed by atoms with Crippen molar-refractivity contribution in [2.45, 2.75) is 16.9 Å². The van der Waals surface area contributed by atoms with Crippen LogP contribution in [0.1, 0.15) is 11.3 Å². The Morgan fingerprint density at radius 1 is 0.963 bits per heavy atom. The van der Waals surface area contributed by atoms with Crippen molar-refractivity contribution in [3.8, 4) is 0 Å². The van der Waals surface area contributed by atoms with Crippen molar-refractivity contribution in [1.29, 1.82) is 0 Å². The molecule has 1 aliphatic heterocycles. The molecule has 4 rings (SSSR count).